The molecule has 0 aromatic heterocycles. The normalized spacial score (nSPS) is 13.1. The number of amides is 1. The van der Waals surface area contributed by atoms with E-state index in [1.807, 2.05) is 24.3 Å². The number of benzene rings is 2. The number of alkyl halides is 2. The molecule has 120 valence electrons. The number of para-hydroxylation sites is 1. The Morgan fingerprint density at radius 1 is 1.17 bits per heavy atom. The maximum atomic E-state index is 12.7. The van der Waals surface area contributed by atoms with Gasteiger partial charge in [-0.2, -0.15) is 8.78 Å². The maximum Gasteiger partial charge on any atom is 0.387 e. The molecule has 0 bridgehead atoms. The van der Waals surface area contributed by atoms with Gasteiger partial charge in [0, 0.05) is 17.8 Å². The minimum absolute atomic E-state index is 0.152. The fourth-order valence-electron chi connectivity index (χ4n) is 2.70. The molecule has 1 heterocycles. The van der Waals surface area contributed by atoms with Crippen LogP contribution >= 0.6 is 0 Å². The topological polar surface area (TPSA) is 38.8 Å². The first-order valence-corrected chi connectivity index (χ1v) is 7.13. The Balaban J connectivity index is 1.91. The van der Waals surface area contributed by atoms with Gasteiger partial charge in [-0.05, 0) is 36.2 Å². The van der Waals surface area contributed by atoms with E-state index in [0.29, 0.717) is 6.54 Å². The molecule has 4 nitrogen and oxygen atoms in total. The molecule has 0 aliphatic carbocycles. The lowest BCUT2D eigenvalue weighted by Crippen LogP contribution is -2.28. The molecule has 0 radical (unpaired) electrons. The van der Waals surface area contributed by atoms with E-state index in [1.165, 1.54) is 19.2 Å². The van der Waals surface area contributed by atoms with Gasteiger partial charge < -0.3 is 14.4 Å². The Bertz CT molecular complexity index is 734. The number of carbonyl (C=O) groups is 1. The largest absolute Gasteiger partial charge is 0.493 e. The minimum atomic E-state index is -2.98. The van der Waals surface area contributed by atoms with Crippen molar-refractivity contribution in [2.75, 3.05) is 18.6 Å². The molecule has 0 fully saturated rings. The smallest absolute Gasteiger partial charge is 0.387 e. The summed E-state index contributed by atoms with van der Waals surface area (Å²) in [4.78, 5) is 14.3. The summed E-state index contributed by atoms with van der Waals surface area (Å²) in [7, 11) is 1.35. The van der Waals surface area contributed by atoms with Crippen molar-refractivity contribution in [1.82, 2.24) is 0 Å². The van der Waals surface area contributed by atoms with Crippen molar-refractivity contribution >= 4 is 11.6 Å². The quantitative estimate of drug-likeness (QED) is 0.866. The van der Waals surface area contributed by atoms with E-state index in [0.717, 1.165) is 17.7 Å². The van der Waals surface area contributed by atoms with Crippen LogP contribution in [0.25, 0.3) is 0 Å². The van der Waals surface area contributed by atoms with Crippen molar-refractivity contribution in [3.05, 3.63) is 53.6 Å². The summed E-state index contributed by atoms with van der Waals surface area (Å²) in [5.41, 5.74) is 2.22. The highest BCUT2D eigenvalue weighted by Crippen LogP contribution is 2.32. The van der Waals surface area contributed by atoms with E-state index in [9.17, 15) is 13.6 Å². The van der Waals surface area contributed by atoms with E-state index in [1.54, 1.807) is 11.0 Å². The number of rotatable bonds is 4. The number of ether oxygens (including phenoxy) is 2. The molecule has 1 aliphatic rings. The van der Waals surface area contributed by atoms with Crippen LogP contribution in [0, 0.1) is 0 Å². The molecule has 23 heavy (non-hydrogen) atoms. The van der Waals surface area contributed by atoms with E-state index < -0.39 is 6.61 Å². The van der Waals surface area contributed by atoms with E-state index in [2.05, 4.69) is 4.74 Å². The van der Waals surface area contributed by atoms with Crippen LogP contribution in [0.3, 0.4) is 0 Å². The molecular weight excluding hydrogens is 304 g/mol. The fraction of sp³-hybridized carbons (Fsp3) is 0.235. The number of carbonyl (C=O) groups excluding carboxylic acids is 1. The van der Waals surface area contributed by atoms with Crippen LogP contribution in [-0.4, -0.2) is 26.2 Å². The highest BCUT2D eigenvalue weighted by atomic mass is 19.3. The zero-order valence-electron chi connectivity index (χ0n) is 12.5. The molecule has 3 rings (SSSR count). The van der Waals surface area contributed by atoms with Crippen LogP contribution in [0.4, 0.5) is 14.5 Å². The Morgan fingerprint density at radius 2 is 1.96 bits per heavy atom. The second kappa shape index (κ2) is 6.24. The number of fused-ring (bicyclic) bond motifs is 1. The lowest BCUT2D eigenvalue weighted by Gasteiger charge is -2.18. The van der Waals surface area contributed by atoms with Gasteiger partial charge in [0.1, 0.15) is 0 Å². The van der Waals surface area contributed by atoms with Gasteiger partial charge in [-0.25, -0.2) is 0 Å². The van der Waals surface area contributed by atoms with Gasteiger partial charge in [-0.1, -0.05) is 18.2 Å². The van der Waals surface area contributed by atoms with E-state index >= 15 is 0 Å². The number of methoxy groups -OCH3 is 1. The summed E-state index contributed by atoms with van der Waals surface area (Å²) in [6, 6.07) is 11.9. The summed E-state index contributed by atoms with van der Waals surface area (Å²) in [6.07, 6.45) is 0.776. The van der Waals surface area contributed by atoms with Crippen LogP contribution in [0.5, 0.6) is 11.5 Å². The summed E-state index contributed by atoms with van der Waals surface area (Å²) in [5, 5.41) is 0. The minimum Gasteiger partial charge on any atom is -0.493 e. The van der Waals surface area contributed by atoms with Crippen molar-refractivity contribution in [3.63, 3.8) is 0 Å². The van der Waals surface area contributed by atoms with Gasteiger partial charge >= 0.3 is 6.61 Å². The van der Waals surface area contributed by atoms with Crippen LogP contribution < -0.4 is 14.4 Å². The summed E-state index contributed by atoms with van der Waals surface area (Å²) in [5.74, 6) is -0.249. The average molecular weight is 319 g/mol. The number of hydrogen-bond donors (Lipinski definition) is 0. The molecule has 0 N–H and O–H groups in total. The number of halogens is 2. The first-order valence-electron chi connectivity index (χ1n) is 7.13. The molecule has 1 aliphatic heterocycles. The van der Waals surface area contributed by atoms with E-state index in [4.69, 9.17) is 4.74 Å². The number of anilines is 1. The summed E-state index contributed by atoms with van der Waals surface area (Å²) in [6.45, 7) is -2.42. The van der Waals surface area contributed by atoms with Crippen molar-refractivity contribution in [3.8, 4) is 11.5 Å². The SMILES string of the molecule is COc1ccc(C(=O)N2CCc3ccccc32)cc1OC(F)F. The fourth-order valence-corrected chi connectivity index (χ4v) is 2.70. The van der Waals surface area contributed by atoms with Crippen molar-refractivity contribution in [1.29, 1.82) is 0 Å². The molecular formula is C17H15F2NO3. The highest BCUT2D eigenvalue weighted by molar-refractivity contribution is 6.07. The Labute approximate surface area is 132 Å². The standard InChI is InChI=1S/C17H15F2NO3/c1-22-14-7-6-12(10-15(14)23-17(18)19)16(21)20-9-8-11-4-2-3-5-13(11)20/h2-7,10,17H,8-9H2,1H3. The van der Waals surface area contributed by atoms with Crippen LogP contribution in [0.2, 0.25) is 0 Å². The van der Waals surface area contributed by atoms with Gasteiger partial charge in [0.2, 0.25) is 0 Å². The summed E-state index contributed by atoms with van der Waals surface area (Å²) < 4.78 is 34.4. The number of hydrogen-bond acceptors (Lipinski definition) is 3. The van der Waals surface area contributed by atoms with Crippen molar-refractivity contribution in [2.24, 2.45) is 0 Å². The average Bonchev–Trinajstić information content (AvgIpc) is 2.97. The molecule has 0 saturated carbocycles. The zero-order chi connectivity index (χ0) is 16.4. The predicted octanol–water partition coefficient (Wildman–Crippen LogP) is 3.50. The van der Waals surface area contributed by atoms with Crippen LogP contribution in [-0.2, 0) is 6.42 Å². The third kappa shape index (κ3) is 2.97. The highest BCUT2D eigenvalue weighted by Gasteiger charge is 2.26. The third-order valence-electron chi connectivity index (χ3n) is 3.76. The summed E-state index contributed by atoms with van der Waals surface area (Å²) >= 11 is 0. The van der Waals surface area contributed by atoms with Gasteiger partial charge in [-0.15, -0.1) is 0 Å². The van der Waals surface area contributed by atoms with Gasteiger partial charge in [0.05, 0.1) is 7.11 Å². The molecule has 0 saturated heterocycles. The van der Waals surface area contributed by atoms with E-state index in [-0.39, 0.29) is 23.0 Å². The van der Waals surface area contributed by atoms with Crippen molar-refractivity contribution in [2.45, 2.75) is 13.0 Å². The maximum absolute atomic E-state index is 12.7. The zero-order valence-corrected chi connectivity index (χ0v) is 12.5. The first kappa shape index (κ1) is 15.3. The molecule has 0 spiro atoms. The second-order valence-electron chi connectivity index (χ2n) is 5.08. The third-order valence-corrected chi connectivity index (χ3v) is 3.76. The second-order valence-corrected chi connectivity index (χ2v) is 5.08. The lowest BCUT2D eigenvalue weighted by molar-refractivity contribution is -0.0512. The Morgan fingerprint density at radius 3 is 2.70 bits per heavy atom. The molecule has 1 amide bonds. The molecule has 2 aromatic rings. The van der Waals surface area contributed by atoms with Crippen molar-refractivity contribution < 1.29 is 23.0 Å². The van der Waals surface area contributed by atoms with Crippen LogP contribution in [0.1, 0.15) is 15.9 Å². The molecule has 0 unspecified atom stereocenters. The number of nitrogens with zero attached hydrogens (tertiary/aromatic N) is 1. The van der Waals surface area contributed by atoms with Gasteiger partial charge in [0.15, 0.2) is 11.5 Å². The lowest BCUT2D eigenvalue weighted by atomic mass is 10.1. The monoisotopic (exact) mass is 319 g/mol. The first-order chi connectivity index (χ1) is 11.1. The Kier molecular flexibility index (Phi) is 4.14. The van der Waals surface area contributed by atoms with Gasteiger partial charge in [-0.3, -0.25) is 4.79 Å². The Hall–Kier alpha value is -2.63. The van der Waals surface area contributed by atoms with Gasteiger partial charge in [0.25, 0.3) is 5.91 Å². The molecule has 6 heteroatoms. The predicted molar refractivity (Wildman–Crippen MR) is 81.4 cm³/mol. The van der Waals surface area contributed by atoms with Crippen LogP contribution in [0.15, 0.2) is 42.5 Å². The molecule has 2 aromatic carbocycles. The molecule has 0 atom stereocenters.